The molecule has 0 unspecified atom stereocenters. The topological polar surface area (TPSA) is 46.6 Å². The summed E-state index contributed by atoms with van der Waals surface area (Å²) in [6.45, 7) is 0.412. The van der Waals surface area contributed by atoms with Crippen LogP contribution in [0.1, 0.15) is 16.7 Å². The Labute approximate surface area is 202 Å². The van der Waals surface area contributed by atoms with Gasteiger partial charge in [0.1, 0.15) is 18.2 Å². The maximum absolute atomic E-state index is 13.3. The van der Waals surface area contributed by atoms with Crippen molar-refractivity contribution in [3.05, 3.63) is 104 Å². The van der Waals surface area contributed by atoms with Gasteiger partial charge in [-0.25, -0.2) is 4.39 Å². The van der Waals surface area contributed by atoms with Gasteiger partial charge in [0, 0.05) is 5.02 Å². The maximum atomic E-state index is 13.3. The molecule has 0 bridgehead atoms. The molecule has 1 aliphatic rings. The van der Waals surface area contributed by atoms with Gasteiger partial charge in [-0.2, -0.15) is 0 Å². The minimum atomic E-state index is -0.336. The molecular formula is C24H16BrClFNO3S. The maximum Gasteiger partial charge on any atom is 0.293 e. The van der Waals surface area contributed by atoms with Gasteiger partial charge in [0.25, 0.3) is 11.1 Å². The Morgan fingerprint density at radius 2 is 1.81 bits per heavy atom. The summed E-state index contributed by atoms with van der Waals surface area (Å²) in [6, 6.07) is 18.6. The second-order valence-electron chi connectivity index (χ2n) is 7.00. The summed E-state index contributed by atoms with van der Waals surface area (Å²) in [5.74, 6) is -0.0646. The Kier molecular flexibility index (Phi) is 6.98. The number of rotatable bonds is 6. The Morgan fingerprint density at radius 3 is 2.53 bits per heavy atom. The van der Waals surface area contributed by atoms with Crippen LogP contribution in [0.15, 0.2) is 76.1 Å². The van der Waals surface area contributed by atoms with E-state index in [0.29, 0.717) is 20.2 Å². The van der Waals surface area contributed by atoms with Crippen molar-refractivity contribution in [2.45, 2.75) is 13.2 Å². The number of hydrogen-bond donors (Lipinski definition) is 0. The van der Waals surface area contributed by atoms with Crippen molar-refractivity contribution in [1.29, 1.82) is 0 Å². The van der Waals surface area contributed by atoms with E-state index in [0.717, 1.165) is 28.5 Å². The van der Waals surface area contributed by atoms with Crippen LogP contribution in [0.5, 0.6) is 5.75 Å². The standard InChI is InChI=1S/C24H16BrClFNO3S/c25-20-11-16(6-9-21(20)31-14-17-2-1-3-19(27)10-17)12-22-23(29)28(24(30)32-22)13-15-4-7-18(26)8-5-15/h1-12H,13-14H2/b22-12-. The van der Waals surface area contributed by atoms with Crippen LogP contribution < -0.4 is 4.74 Å². The van der Waals surface area contributed by atoms with Crippen LogP contribution in [0.2, 0.25) is 5.02 Å². The number of thioether (sulfide) groups is 1. The molecule has 162 valence electrons. The summed E-state index contributed by atoms with van der Waals surface area (Å²) >= 11 is 10.3. The quantitative estimate of drug-likeness (QED) is 0.319. The predicted octanol–water partition coefficient (Wildman–Crippen LogP) is 7.06. The van der Waals surface area contributed by atoms with Crippen molar-refractivity contribution < 1.29 is 18.7 Å². The van der Waals surface area contributed by atoms with Gasteiger partial charge in [0.15, 0.2) is 0 Å². The minimum absolute atomic E-state index is 0.190. The van der Waals surface area contributed by atoms with Crippen molar-refractivity contribution in [1.82, 2.24) is 4.90 Å². The van der Waals surface area contributed by atoms with Gasteiger partial charge >= 0.3 is 0 Å². The zero-order valence-corrected chi connectivity index (χ0v) is 19.7. The highest BCUT2D eigenvalue weighted by Crippen LogP contribution is 2.35. The highest BCUT2D eigenvalue weighted by molar-refractivity contribution is 9.10. The second kappa shape index (κ2) is 9.90. The van der Waals surface area contributed by atoms with E-state index in [2.05, 4.69) is 15.9 Å². The lowest BCUT2D eigenvalue weighted by atomic mass is 10.2. The Hall–Kier alpha value is -2.61. The first-order valence-electron chi connectivity index (χ1n) is 9.55. The number of carbonyl (C=O) groups excluding carboxylic acids is 2. The van der Waals surface area contributed by atoms with Crippen LogP contribution in [-0.4, -0.2) is 16.0 Å². The van der Waals surface area contributed by atoms with E-state index in [1.165, 1.54) is 17.0 Å². The van der Waals surface area contributed by atoms with Gasteiger partial charge in [-0.05, 0) is 86.9 Å². The van der Waals surface area contributed by atoms with Gasteiger partial charge in [-0.15, -0.1) is 0 Å². The van der Waals surface area contributed by atoms with E-state index < -0.39 is 0 Å². The molecule has 1 aliphatic heterocycles. The SMILES string of the molecule is O=C1S/C(=C\c2ccc(OCc3cccc(F)c3)c(Br)c2)C(=O)N1Cc1ccc(Cl)cc1. The molecule has 1 saturated heterocycles. The molecule has 0 aromatic heterocycles. The molecule has 8 heteroatoms. The van der Waals surface area contributed by atoms with Crippen LogP contribution in [0.4, 0.5) is 9.18 Å². The molecule has 0 saturated carbocycles. The van der Waals surface area contributed by atoms with Crippen LogP contribution in [0.25, 0.3) is 6.08 Å². The van der Waals surface area contributed by atoms with E-state index >= 15 is 0 Å². The lowest BCUT2D eigenvalue weighted by Crippen LogP contribution is -2.27. The first kappa shape index (κ1) is 22.6. The van der Waals surface area contributed by atoms with Crippen LogP contribution in [0, 0.1) is 5.82 Å². The second-order valence-corrected chi connectivity index (χ2v) is 9.29. The number of nitrogens with zero attached hydrogens (tertiary/aromatic N) is 1. The van der Waals surface area contributed by atoms with Crippen LogP contribution in [-0.2, 0) is 17.9 Å². The molecule has 0 N–H and O–H groups in total. The Bertz CT molecular complexity index is 1220. The summed E-state index contributed by atoms with van der Waals surface area (Å²) in [5, 5.41) is 0.280. The van der Waals surface area contributed by atoms with Crippen LogP contribution >= 0.6 is 39.3 Å². The van der Waals surface area contributed by atoms with Gasteiger partial charge < -0.3 is 4.74 Å². The number of benzene rings is 3. The summed E-state index contributed by atoms with van der Waals surface area (Å²) < 4.78 is 19.7. The minimum Gasteiger partial charge on any atom is -0.488 e. The fourth-order valence-corrected chi connectivity index (χ4v) is 4.55. The first-order chi connectivity index (χ1) is 15.4. The zero-order valence-electron chi connectivity index (χ0n) is 16.6. The third kappa shape index (κ3) is 5.41. The Balaban J connectivity index is 1.45. The number of amides is 2. The molecule has 1 heterocycles. The number of ether oxygens (including phenoxy) is 1. The molecule has 1 fully saturated rings. The van der Waals surface area contributed by atoms with Gasteiger partial charge in [-0.3, -0.25) is 14.5 Å². The fourth-order valence-electron chi connectivity index (χ4n) is 3.07. The van der Waals surface area contributed by atoms with Crippen molar-refractivity contribution in [2.75, 3.05) is 0 Å². The predicted molar refractivity (Wildman–Crippen MR) is 128 cm³/mol. The fraction of sp³-hybridized carbons (Fsp3) is 0.0833. The summed E-state index contributed by atoms with van der Waals surface area (Å²) in [6.07, 6.45) is 1.67. The molecule has 4 nitrogen and oxygen atoms in total. The molecule has 3 aromatic carbocycles. The highest BCUT2D eigenvalue weighted by Gasteiger charge is 2.35. The monoisotopic (exact) mass is 531 g/mol. The smallest absolute Gasteiger partial charge is 0.293 e. The molecule has 0 aliphatic carbocycles. The van der Waals surface area contributed by atoms with Crippen molar-refractivity contribution in [3.8, 4) is 5.75 Å². The number of hydrogen-bond acceptors (Lipinski definition) is 4. The summed E-state index contributed by atoms with van der Waals surface area (Å²) in [5.41, 5.74) is 2.28. The molecule has 2 amide bonds. The molecular weight excluding hydrogens is 517 g/mol. The van der Waals surface area contributed by atoms with Gasteiger partial charge in [0.05, 0.1) is 15.9 Å². The average Bonchev–Trinajstić information content (AvgIpc) is 3.02. The summed E-state index contributed by atoms with van der Waals surface area (Å²) in [7, 11) is 0. The molecule has 0 spiro atoms. The van der Waals surface area contributed by atoms with E-state index in [-0.39, 0.29) is 30.1 Å². The number of imide groups is 1. The van der Waals surface area contributed by atoms with Crippen LogP contribution in [0.3, 0.4) is 0 Å². The molecule has 3 aromatic rings. The Morgan fingerprint density at radius 1 is 1.03 bits per heavy atom. The normalized spacial score (nSPS) is 15.0. The lowest BCUT2D eigenvalue weighted by Gasteiger charge is -2.12. The van der Waals surface area contributed by atoms with E-state index in [9.17, 15) is 14.0 Å². The first-order valence-corrected chi connectivity index (χ1v) is 11.5. The third-order valence-corrected chi connectivity index (χ3v) is 6.44. The number of carbonyl (C=O) groups is 2. The van der Waals surface area contributed by atoms with E-state index in [4.69, 9.17) is 16.3 Å². The molecule has 0 radical (unpaired) electrons. The van der Waals surface area contributed by atoms with E-state index in [1.54, 1.807) is 60.7 Å². The molecule has 4 rings (SSSR count). The highest BCUT2D eigenvalue weighted by atomic mass is 79.9. The van der Waals surface area contributed by atoms with Gasteiger partial charge in [-0.1, -0.05) is 41.9 Å². The van der Waals surface area contributed by atoms with Gasteiger partial charge in [0.2, 0.25) is 0 Å². The number of halogens is 3. The lowest BCUT2D eigenvalue weighted by molar-refractivity contribution is -0.123. The van der Waals surface area contributed by atoms with Crippen molar-refractivity contribution in [3.63, 3.8) is 0 Å². The average molecular weight is 533 g/mol. The van der Waals surface area contributed by atoms with Crippen molar-refractivity contribution in [2.24, 2.45) is 0 Å². The molecule has 0 atom stereocenters. The van der Waals surface area contributed by atoms with Crippen molar-refractivity contribution >= 4 is 56.5 Å². The third-order valence-electron chi connectivity index (χ3n) is 4.66. The summed E-state index contributed by atoms with van der Waals surface area (Å²) in [4.78, 5) is 26.7. The zero-order chi connectivity index (χ0) is 22.7. The largest absolute Gasteiger partial charge is 0.488 e. The molecule has 32 heavy (non-hydrogen) atoms. The van der Waals surface area contributed by atoms with E-state index in [1.807, 2.05) is 0 Å².